The van der Waals surface area contributed by atoms with Gasteiger partial charge in [0.25, 0.3) is 0 Å². The van der Waals surface area contributed by atoms with E-state index in [4.69, 9.17) is 9.47 Å². The number of ether oxygens (including phenoxy) is 2. The molecule has 1 atom stereocenters. The average Bonchev–Trinajstić information content (AvgIpc) is 2.18. The highest BCUT2D eigenvalue weighted by Crippen LogP contribution is 2.21. The zero-order valence-electron chi connectivity index (χ0n) is 10.0. The van der Waals surface area contributed by atoms with E-state index in [9.17, 15) is 0 Å². The van der Waals surface area contributed by atoms with Gasteiger partial charge in [0.15, 0.2) is 0 Å². The Labute approximate surface area is 87.4 Å². The normalized spacial score (nSPS) is 25.7. The summed E-state index contributed by atoms with van der Waals surface area (Å²) in [4.78, 5) is 2.44. The highest BCUT2D eigenvalue weighted by molar-refractivity contribution is 4.86. The summed E-state index contributed by atoms with van der Waals surface area (Å²) in [6.45, 7) is 11.4. The lowest BCUT2D eigenvalue weighted by atomic mass is 9.99. The van der Waals surface area contributed by atoms with Crippen LogP contribution in [-0.2, 0) is 9.47 Å². The SMILES string of the molecule is COC(C)(C)[C@H]1CN(C(C)C)CCO1. The quantitative estimate of drug-likeness (QED) is 0.691. The summed E-state index contributed by atoms with van der Waals surface area (Å²) >= 11 is 0. The molecule has 1 saturated heterocycles. The van der Waals surface area contributed by atoms with Gasteiger partial charge in [-0.1, -0.05) is 0 Å². The van der Waals surface area contributed by atoms with Gasteiger partial charge >= 0.3 is 0 Å². The number of hydrogen-bond donors (Lipinski definition) is 0. The highest BCUT2D eigenvalue weighted by atomic mass is 16.5. The molecule has 0 aromatic rings. The molecule has 0 spiro atoms. The van der Waals surface area contributed by atoms with Crippen molar-refractivity contribution in [2.24, 2.45) is 0 Å². The van der Waals surface area contributed by atoms with Gasteiger partial charge in [-0.25, -0.2) is 0 Å². The van der Waals surface area contributed by atoms with Crippen LogP contribution in [-0.4, -0.2) is 49.5 Å². The monoisotopic (exact) mass is 201 g/mol. The van der Waals surface area contributed by atoms with E-state index in [1.165, 1.54) is 0 Å². The second-order valence-electron chi connectivity index (χ2n) is 4.76. The van der Waals surface area contributed by atoms with Crippen LogP contribution in [0.1, 0.15) is 27.7 Å². The first kappa shape index (κ1) is 12.0. The van der Waals surface area contributed by atoms with E-state index in [1.54, 1.807) is 7.11 Å². The fraction of sp³-hybridized carbons (Fsp3) is 1.00. The summed E-state index contributed by atoms with van der Waals surface area (Å²) in [5.74, 6) is 0. The van der Waals surface area contributed by atoms with E-state index in [0.717, 1.165) is 19.7 Å². The zero-order chi connectivity index (χ0) is 10.8. The van der Waals surface area contributed by atoms with Crippen molar-refractivity contribution in [2.45, 2.75) is 45.4 Å². The molecule has 1 aliphatic rings. The minimum Gasteiger partial charge on any atom is -0.376 e. The summed E-state index contributed by atoms with van der Waals surface area (Å²) < 4.78 is 11.2. The number of morpholine rings is 1. The number of methoxy groups -OCH3 is 1. The number of hydrogen-bond acceptors (Lipinski definition) is 3. The minimum atomic E-state index is -0.187. The largest absolute Gasteiger partial charge is 0.376 e. The Morgan fingerprint density at radius 2 is 2.07 bits per heavy atom. The van der Waals surface area contributed by atoms with Crippen LogP contribution >= 0.6 is 0 Å². The van der Waals surface area contributed by atoms with Crippen molar-refractivity contribution in [3.8, 4) is 0 Å². The van der Waals surface area contributed by atoms with Gasteiger partial charge in [0.05, 0.1) is 18.3 Å². The second-order valence-corrected chi connectivity index (χ2v) is 4.76. The molecule has 0 aromatic heterocycles. The van der Waals surface area contributed by atoms with Gasteiger partial charge in [-0.3, -0.25) is 4.90 Å². The van der Waals surface area contributed by atoms with Crippen LogP contribution in [0, 0.1) is 0 Å². The van der Waals surface area contributed by atoms with Crippen LogP contribution in [0.5, 0.6) is 0 Å². The Balaban J connectivity index is 2.56. The van der Waals surface area contributed by atoms with Crippen LogP contribution in [0.3, 0.4) is 0 Å². The first-order valence-corrected chi connectivity index (χ1v) is 5.38. The molecular weight excluding hydrogens is 178 g/mol. The molecule has 1 fully saturated rings. The molecule has 0 bridgehead atoms. The van der Waals surface area contributed by atoms with Gasteiger partial charge in [0.2, 0.25) is 0 Å². The first-order valence-electron chi connectivity index (χ1n) is 5.38. The van der Waals surface area contributed by atoms with E-state index in [-0.39, 0.29) is 11.7 Å². The molecule has 0 amide bonds. The van der Waals surface area contributed by atoms with E-state index < -0.39 is 0 Å². The Hall–Kier alpha value is -0.120. The van der Waals surface area contributed by atoms with Gasteiger partial charge in [0, 0.05) is 26.2 Å². The van der Waals surface area contributed by atoms with Crippen molar-refractivity contribution in [1.29, 1.82) is 0 Å². The standard InChI is InChI=1S/C11H23NO2/c1-9(2)12-6-7-14-10(8-12)11(3,4)13-5/h9-10H,6-8H2,1-5H3/t10-/m1/s1. The third kappa shape index (κ3) is 2.69. The van der Waals surface area contributed by atoms with E-state index in [1.807, 2.05) is 0 Å². The molecule has 3 nitrogen and oxygen atoms in total. The van der Waals surface area contributed by atoms with Crippen LogP contribution in [0.4, 0.5) is 0 Å². The summed E-state index contributed by atoms with van der Waals surface area (Å²) in [6, 6.07) is 0.592. The van der Waals surface area contributed by atoms with Crippen molar-refractivity contribution in [1.82, 2.24) is 4.90 Å². The summed E-state index contributed by atoms with van der Waals surface area (Å²) in [7, 11) is 1.75. The van der Waals surface area contributed by atoms with Gasteiger partial charge in [-0.05, 0) is 27.7 Å². The predicted octanol–water partition coefficient (Wildman–Crippen LogP) is 1.52. The molecule has 0 N–H and O–H groups in total. The average molecular weight is 201 g/mol. The van der Waals surface area contributed by atoms with E-state index in [2.05, 4.69) is 32.6 Å². The Morgan fingerprint density at radius 3 is 2.57 bits per heavy atom. The molecule has 0 aromatic carbocycles. The predicted molar refractivity (Wildman–Crippen MR) is 57.5 cm³/mol. The second kappa shape index (κ2) is 4.60. The molecule has 84 valence electrons. The Morgan fingerprint density at radius 1 is 1.43 bits per heavy atom. The fourth-order valence-electron chi connectivity index (χ4n) is 1.69. The third-order valence-electron chi connectivity index (χ3n) is 3.13. The molecule has 1 aliphatic heterocycles. The van der Waals surface area contributed by atoms with Crippen molar-refractivity contribution in [3.05, 3.63) is 0 Å². The molecule has 3 heteroatoms. The molecule has 0 radical (unpaired) electrons. The maximum Gasteiger partial charge on any atom is 0.0986 e. The minimum absolute atomic E-state index is 0.184. The van der Waals surface area contributed by atoms with Crippen LogP contribution in [0.15, 0.2) is 0 Å². The van der Waals surface area contributed by atoms with Gasteiger partial charge in [0.1, 0.15) is 0 Å². The number of nitrogens with zero attached hydrogens (tertiary/aromatic N) is 1. The van der Waals surface area contributed by atoms with Crippen molar-refractivity contribution >= 4 is 0 Å². The maximum atomic E-state index is 5.75. The molecule has 1 rings (SSSR count). The molecule has 14 heavy (non-hydrogen) atoms. The lowest BCUT2D eigenvalue weighted by Gasteiger charge is -2.41. The zero-order valence-corrected chi connectivity index (χ0v) is 10.0. The fourth-order valence-corrected chi connectivity index (χ4v) is 1.69. The van der Waals surface area contributed by atoms with Gasteiger partial charge < -0.3 is 9.47 Å². The molecule has 1 heterocycles. The summed E-state index contributed by atoms with van der Waals surface area (Å²) in [6.07, 6.45) is 0.184. The van der Waals surface area contributed by atoms with Crippen molar-refractivity contribution < 1.29 is 9.47 Å². The summed E-state index contributed by atoms with van der Waals surface area (Å²) in [5, 5.41) is 0. The van der Waals surface area contributed by atoms with Crippen molar-refractivity contribution in [2.75, 3.05) is 26.8 Å². The maximum absolute atomic E-state index is 5.75. The Bertz CT molecular complexity index is 180. The number of rotatable bonds is 3. The molecule has 0 saturated carbocycles. The lowest BCUT2D eigenvalue weighted by molar-refractivity contribution is -0.146. The lowest BCUT2D eigenvalue weighted by Crippen LogP contribution is -2.54. The smallest absolute Gasteiger partial charge is 0.0986 e. The topological polar surface area (TPSA) is 21.7 Å². The Kier molecular flexibility index (Phi) is 3.93. The third-order valence-corrected chi connectivity index (χ3v) is 3.13. The van der Waals surface area contributed by atoms with Crippen LogP contribution < -0.4 is 0 Å². The van der Waals surface area contributed by atoms with E-state index in [0.29, 0.717) is 6.04 Å². The van der Waals surface area contributed by atoms with Gasteiger partial charge in [-0.2, -0.15) is 0 Å². The molecule has 0 unspecified atom stereocenters. The van der Waals surface area contributed by atoms with E-state index >= 15 is 0 Å². The molecule has 0 aliphatic carbocycles. The van der Waals surface area contributed by atoms with Gasteiger partial charge in [-0.15, -0.1) is 0 Å². The van der Waals surface area contributed by atoms with Crippen LogP contribution in [0.25, 0.3) is 0 Å². The molecular formula is C11H23NO2. The first-order chi connectivity index (χ1) is 6.47. The summed E-state index contributed by atoms with van der Waals surface area (Å²) in [5.41, 5.74) is -0.187. The van der Waals surface area contributed by atoms with Crippen LogP contribution in [0.2, 0.25) is 0 Å². The van der Waals surface area contributed by atoms with Crippen molar-refractivity contribution in [3.63, 3.8) is 0 Å². The highest BCUT2D eigenvalue weighted by Gasteiger charge is 2.34.